The van der Waals surface area contributed by atoms with Crippen LogP contribution in [-0.2, 0) is 28.9 Å². The van der Waals surface area contributed by atoms with Gasteiger partial charge in [0, 0.05) is 27.0 Å². The molecule has 0 heterocycles. The smallest absolute Gasteiger partial charge is 0.295 e. The van der Waals surface area contributed by atoms with Crippen LogP contribution in [0.2, 0.25) is 0 Å². The number of hydrogen-bond acceptors (Lipinski definition) is 19. The van der Waals surface area contributed by atoms with Crippen LogP contribution in [0.5, 0.6) is 11.5 Å². The first-order chi connectivity index (χ1) is 29.0. The fourth-order valence-corrected chi connectivity index (χ4v) is 7.50. The number of azo groups is 3. The third kappa shape index (κ3) is 10.3. The largest absolute Gasteiger partial charge is 0.508 e. The van der Waals surface area contributed by atoms with Crippen LogP contribution in [0.3, 0.4) is 0 Å². The number of benzene rings is 7. The van der Waals surface area contributed by atoms with Gasteiger partial charge in [0.1, 0.15) is 16.3 Å². The Bertz CT molecular complexity index is 2900. The fourth-order valence-electron chi connectivity index (χ4n) is 5.75. The van der Waals surface area contributed by atoms with E-state index in [1.807, 2.05) is 6.92 Å². The van der Waals surface area contributed by atoms with E-state index in [1.165, 1.54) is 18.2 Å². The van der Waals surface area contributed by atoms with E-state index < -0.39 is 10.1 Å². The number of phenols is 2. The predicted molar refractivity (Wildman–Crippen MR) is 222 cm³/mol. The minimum absolute atomic E-state index is 0.0559. The van der Waals surface area contributed by atoms with E-state index in [1.54, 1.807) is 103 Å². The molecule has 18 nitrogen and oxygen atoms in total. The van der Waals surface area contributed by atoms with Crippen LogP contribution >= 0.6 is 24.1 Å². The van der Waals surface area contributed by atoms with Crippen molar-refractivity contribution in [2.75, 3.05) is 5.32 Å². The minimum atomic E-state index is -4.61. The van der Waals surface area contributed by atoms with Gasteiger partial charge < -0.3 is 15.5 Å². The summed E-state index contributed by atoms with van der Waals surface area (Å²) in [6.45, 7) is 1.83. The van der Waals surface area contributed by atoms with E-state index in [-0.39, 0.29) is 37.3 Å². The summed E-state index contributed by atoms with van der Waals surface area (Å²) in [7, 11) is -4.61. The van der Waals surface area contributed by atoms with E-state index >= 15 is 0 Å². The first kappa shape index (κ1) is 41.8. The Morgan fingerprint density at radius 1 is 0.583 bits per heavy atom. The van der Waals surface area contributed by atoms with Crippen molar-refractivity contribution in [2.45, 2.75) is 21.6 Å². The van der Waals surface area contributed by atoms with E-state index in [0.717, 1.165) is 5.56 Å². The van der Waals surface area contributed by atoms with Gasteiger partial charge in [0.25, 0.3) is 10.1 Å². The molecule has 6 N–H and O–H groups in total. The Balaban J connectivity index is 1.04. The SMILES string of the molecule is Cc1cc(N=Nc2c(SOOO)cc3cc(N=Nc4ccc(O)cc4)ccc3c2O)ccc1N=Nc1ccc(Nc2ccc3cc(SOOO)cc(S(=O)(=O)O)c3c2)cc1. The quantitative estimate of drug-likeness (QED) is 0.0184. The van der Waals surface area contributed by atoms with Gasteiger partial charge in [-0.25, -0.2) is 10.5 Å². The van der Waals surface area contributed by atoms with Gasteiger partial charge in [0.15, 0.2) is 5.75 Å². The average molecular weight is 868 g/mol. The van der Waals surface area contributed by atoms with Crippen LogP contribution in [0, 0.1) is 6.92 Å². The van der Waals surface area contributed by atoms with Crippen LogP contribution in [0.15, 0.2) is 167 Å². The van der Waals surface area contributed by atoms with Crippen molar-refractivity contribution >= 4 is 101 Å². The molecule has 21 heteroatoms. The third-order valence-corrected chi connectivity index (χ3v) is 10.6. The van der Waals surface area contributed by atoms with Gasteiger partial charge in [-0.15, -0.1) is 13.8 Å². The third-order valence-electron chi connectivity index (χ3n) is 8.52. The molecule has 60 heavy (non-hydrogen) atoms. The molecule has 0 aromatic heterocycles. The molecular weight excluding hydrogens is 839 g/mol. The van der Waals surface area contributed by atoms with Crippen molar-refractivity contribution in [3.8, 4) is 11.5 Å². The fraction of sp³-hybridized carbons (Fsp3) is 0.0256. The molecule has 0 saturated heterocycles. The van der Waals surface area contributed by atoms with E-state index in [4.69, 9.17) is 10.5 Å². The zero-order valence-corrected chi connectivity index (χ0v) is 33.1. The molecular formula is C39H29N7O11S3. The number of hydrogen-bond donors (Lipinski definition) is 6. The summed E-state index contributed by atoms with van der Waals surface area (Å²) < 4.78 is 43.2. The lowest BCUT2D eigenvalue weighted by Crippen LogP contribution is -2.00. The Morgan fingerprint density at radius 3 is 1.92 bits per heavy atom. The van der Waals surface area contributed by atoms with Crippen LogP contribution < -0.4 is 5.32 Å². The zero-order valence-electron chi connectivity index (χ0n) is 30.6. The molecule has 0 spiro atoms. The highest BCUT2D eigenvalue weighted by atomic mass is 32.2. The maximum atomic E-state index is 12.2. The normalized spacial score (nSPS) is 12.1. The molecule has 0 bridgehead atoms. The first-order valence-electron chi connectivity index (χ1n) is 17.1. The standard InChI is InChI=1S/C39H29N7O11S3/c1-22-16-29(44-46-38-36(59-57-55-50)19-24-17-30(10-14-33(24)39(38)48)43-41-27-8-12-31(47)13-9-27)11-15-35(22)45-42-26-6-4-25(5-7-26)40-28-3-2-23-18-32(58-56-54-49)21-37(34(23)20-28)60(51,52)53/h2-21,40,47-50H,1H3,(H,51,52,53). The van der Waals surface area contributed by atoms with Crippen LogP contribution in [-0.4, -0.2) is 33.7 Å². The highest BCUT2D eigenvalue weighted by Gasteiger charge is 2.18. The molecule has 0 radical (unpaired) electrons. The van der Waals surface area contributed by atoms with Crippen molar-refractivity contribution in [1.29, 1.82) is 0 Å². The first-order valence-corrected chi connectivity index (χ1v) is 20.1. The highest BCUT2D eigenvalue weighted by Crippen LogP contribution is 2.45. The predicted octanol–water partition coefficient (Wildman–Crippen LogP) is 12.8. The van der Waals surface area contributed by atoms with Crippen LogP contribution in [0.4, 0.5) is 45.5 Å². The van der Waals surface area contributed by atoms with E-state index in [2.05, 4.69) is 54.7 Å². The molecule has 7 rings (SSSR count). The summed E-state index contributed by atoms with van der Waals surface area (Å²) in [5, 5.41) is 76.0. The number of nitrogens with zero attached hydrogens (tertiary/aromatic N) is 6. The lowest BCUT2D eigenvalue weighted by atomic mass is 10.1. The van der Waals surface area contributed by atoms with E-state index in [9.17, 15) is 23.2 Å². The summed E-state index contributed by atoms with van der Waals surface area (Å²) in [4.78, 5) is 0.189. The molecule has 7 aromatic rings. The summed E-state index contributed by atoms with van der Waals surface area (Å²) in [5.41, 5.74) is 4.58. The van der Waals surface area contributed by atoms with Gasteiger partial charge in [-0.05, 0) is 139 Å². The van der Waals surface area contributed by atoms with Crippen molar-refractivity contribution in [3.63, 3.8) is 0 Å². The average Bonchev–Trinajstić information content (AvgIpc) is 3.24. The molecule has 0 amide bonds. The Labute approximate surface area is 348 Å². The highest BCUT2D eigenvalue weighted by molar-refractivity contribution is 7.95. The molecule has 0 aliphatic heterocycles. The van der Waals surface area contributed by atoms with Crippen molar-refractivity contribution in [2.24, 2.45) is 30.7 Å². The van der Waals surface area contributed by atoms with Crippen LogP contribution in [0.1, 0.15) is 5.56 Å². The van der Waals surface area contributed by atoms with Crippen LogP contribution in [0.25, 0.3) is 21.5 Å². The number of rotatable bonds is 15. The summed E-state index contributed by atoms with van der Waals surface area (Å²) in [6.07, 6.45) is 0. The number of fused-ring (bicyclic) bond motifs is 2. The minimum Gasteiger partial charge on any atom is -0.508 e. The number of phenolic OH excluding ortho intramolecular Hbond substituents is 2. The lowest BCUT2D eigenvalue weighted by molar-refractivity contribution is -0.432. The van der Waals surface area contributed by atoms with Crippen molar-refractivity contribution in [1.82, 2.24) is 0 Å². The van der Waals surface area contributed by atoms with Crippen molar-refractivity contribution in [3.05, 3.63) is 127 Å². The second-order valence-corrected chi connectivity index (χ2v) is 15.4. The monoisotopic (exact) mass is 867 g/mol. The number of aryl methyl sites for hydroxylation is 1. The zero-order chi connectivity index (χ0) is 42.2. The maximum absolute atomic E-state index is 12.2. The molecule has 0 aliphatic rings. The Kier molecular flexibility index (Phi) is 13.0. The van der Waals surface area contributed by atoms with Gasteiger partial charge >= 0.3 is 0 Å². The molecule has 0 aliphatic carbocycles. The molecule has 0 fully saturated rings. The lowest BCUT2D eigenvalue weighted by Gasteiger charge is -2.11. The topological polar surface area (TPSA) is 258 Å². The Morgan fingerprint density at radius 2 is 1.20 bits per heavy atom. The molecule has 0 atom stereocenters. The van der Waals surface area contributed by atoms with Gasteiger partial charge in [-0.2, -0.15) is 34.0 Å². The molecule has 304 valence electrons. The molecule has 0 unspecified atom stereocenters. The Hall–Kier alpha value is -6.37. The summed E-state index contributed by atoms with van der Waals surface area (Å²) in [6, 6.07) is 32.8. The molecule has 7 aromatic carbocycles. The van der Waals surface area contributed by atoms with Crippen molar-refractivity contribution < 1.29 is 52.4 Å². The summed E-state index contributed by atoms with van der Waals surface area (Å²) in [5.74, 6) is -0.0944. The second-order valence-electron chi connectivity index (χ2n) is 12.5. The van der Waals surface area contributed by atoms with E-state index in [0.29, 0.717) is 80.1 Å². The van der Waals surface area contributed by atoms with Gasteiger partial charge in [-0.3, -0.25) is 4.55 Å². The van der Waals surface area contributed by atoms with Gasteiger partial charge in [0.05, 0.1) is 57.4 Å². The van der Waals surface area contributed by atoms with Gasteiger partial charge in [-0.1, -0.05) is 16.1 Å². The number of aromatic hydroxyl groups is 2. The maximum Gasteiger partial charge on any atom is 0.295 e. The number of nitrogens with one attached hydrogen (secondary N) is 1. The molecule has 0 saturated carbocycles. The number of anilines is 2. The van der Waals surface area contributed by atoms with Gasteiger partial charge in [0.2, 0.25) is 0 Å². The second kappa shape index (κ2) is 18.7. The summed E-state index contributed by atoms with van der Waals surface area (Å²) >= 11 is 1.17.